The summed E-state index contributed by atoms with van der Waals surface area (Å²) >= 11 is 0. The number of cyclic esters (lactones) is 1. The fourth-order valence-electron chi connectivity index (χ4n) is 2.12. The van der Waals surface area contributed by atoms with Gasteiger partial charge in [-0.05, 0) is 12.1 Å². The number of amides is 1. The lowest BCUT2D eigenvalue weighted by Gasteiger charge is -2.17. The zero-order chi connectivity index (χ0) is 13.4. The number of rotatable bonds is 3. The predicted octanol–water partition coefficient (Wildman–Crippen LogP) is 1.50. The van der Waals surface area contributed by atoms with E-state index >= 15 is 0 Å². The second kappa shape index (κ2) is 4.43. The molecule has 2 aromatic rings. The van der Waals surface area contributed by atoms with Crippen LogP contribution in [0.1, 0.15) is 0 Å². The van der Waals surface area contributed by atoms with Crippen molar-refractivity contribution in [2.75, 3.05) is 25.2 Å². The van der Waals surface area contributed by atoms with Gasteiger partial charge >= 0.3 is 6.09 Å². The lowest BCUT2D eigenvalue weighted by molar-refractivity contribution is 0.156. The second-order valence-electron chi connectivity index (χ2n) is 4.24. The number of hydrogen-bond acceptors (Lipinski definition) is 6. The Morgan fingerprint density at radius 2 is 2.42 bits per heavy atom. The smallest absolute Gasteiger partial charge is 0.416 e. The first-order valence-corrected chi connectivity index (χ1v) is 5.74. The normalized spacial score (nSPS) is 19.1. The Morgan fingerprint density at radius 3 is 3.21 bits per heavy atom. The molecule has 0 bridgehead atoms. The summed E-state index contributed by atoms with van der Waals surface area (Å²) < 4.78 is 15.2. The molecule has 1 aliphatic heterocycles. The topological polar surface area (TPSA) is 85.0 Å². The van der Waals surface area contributed by atoms with Crippen molar-refractivity contribution in [3.8, 4) is 5.75 Å². The van der Waals surface area contributed by atoms with Gasteiger partial charge in [0.05, 0.1) is 18.0 Å². The quantitative estimate of drug-likeness (QED) is 0.904. The molecule has 2 heterocycles. The predicted molar refractivity (Wildman–Crippen MR) is 65.2 cm³/mol. The van der Waals surface area contributed by atoms with Crippen molar-refractivity contribution in [3.63, 3.8) is 0 Å². The number of ether oxygens (including phenoxy) is 2. The maximum absolute atomic E-state index is 11.8. The lowest BCUT2D eigenvalue weighted by Crippen LogP contribution is -2.36. The Balaban J connectivity index is 2.05. The fraction of sp³-hybridized carbons (Fsp3) is 0.333. The Bertz CT molecular complexity index is 624. The maximum atomic E-state index is 11.8. The first-order valence-electron chi connectivity index (χ1n) is 5.74. The number of hydrogen-bond donors (Lipinski definition) is 1. The first kappa shape index (κ1) is 11.8. The molecule has 1 aliphatic rings. The highest BCUT2D eigenvalue weighted by atomic mass is 16.6. The Kier molecular flexibility index (Phi) is 2.75. The molecule has 1 atom stereocenters. The number of benzene rings is 1. The third kappa shape index (κ3) is 1.88. The molecule has 0 unspecified atom stereocenters. The number of nitrogens with zero attached hydrogens (tertiary/aromatic N) is 2. The largest absolute Gasteiger partial charge is 0.508 e. The van der Waals surface area contributed by atoms with Crippen LogP contribution in [0.4, 0.5) is 10.6 Å². The summed E-state index contributed by atoms with van der Waals surface area (Å²) in [5, 5.41) is 13.9. The van der Waals surface area contributed by atoms with Crippen molar-refractivity contribution in [2.24, 2.45) is 0 Å². The van der Waals surface area contributed by atoms with Gasteiger partial charge in [-0.25, -0.2) is 9.69 Å². The third-order valence-electron chi connectivity index (χ3n) is 2.98. The van der Waals surface area contributed by atoms with Crippen molar-refractivity contribution < 1.29 is 23.9 Å². The number of phenols is 1. The van der Waals surface area contributed by atoms with Crippen LogP contribution in [-0.4, -0.2) is 42.7 Å². The molecule has 1 amide bonds. The highest BCUT2D eigenvalue weighted by molar-refractivity contribution is 5.99. The number of methoxy groups -OCH3 is 1. The van der Waals surface area contributed by atoms with Crippen LogP contribution in [0, 0.1) is 0 Å². The minimum atomic E-state index is -0.481. The Morgan fingerprint density at radius 1 is 1.58 bits per heavy atom. The van der Waals surface area contributed by atoms with Crippen LogP contribution >= 0.6 is 0 Å². The van der Waals surface area contributed by atoms with Gasteiger partial charge in [-0.2, -0.15) is 0 Å². The lowest BCUT2D eigenvalue weighted by atomic mass is 10.2. The number of carbonyl (C=O) groups excluding carboxylic acids is 1. The van der Waals surface area contributed by atoms with E-state index in [0.29, 0.717) is 23.4 Å². The van der Waals surface area contributed by atoms with E-state index in [-0.39, 0.29) is 18.4 Å². The van der Waals surface area contributed by atoms with E-state index in [9.17, 15) is 9.90 Å². The SMILES string of the molecule is COC[C@H]1COC(=O)N1c1noc2cc(O)ccc12. The molecule has 19 heavy (non-hydrogen) atoms. The van der Waals surface area contributed by atoms with Crippen LogP contribution in [0.2, 0.25) is 0 Å². The minimum Gasteiger partial charge on any atom is -0.508 e. The van der Waals surface area contributed by atoms with Crippen molar-refractivity contribution in [1.29, 1.82) is 0 Å². The maximum Gasteiger partial charge on any atom is 0.416 e. The van der Waals surface area contributed by atoms with E-state index < -0.39 is 6.09 Å². The number of fused-ring (bicyclic) bond motifs is 1. The van der Waals surface area contributed by atoms with Crippen molar-refractivity contribution in [2.45, 2.75) is 6.04 Å². The summed E-state index contributed by atoms with van der Waals surface area (Å²) in [6.45, 7) is 0.595. The van der Waals surface area contributed by atoms with Gasteiger partial charge in [-0.3, -0.25) is 0 Å². The molecule has 0 spiro atoms. The Labute approximate surface area is 108 Å². The molecular weight excluding hydrogens is 252 g/mol. The van der Waals surface area contributed by atoms with Crippen LogP contribution in [0.3, 0.4) is 0 Å². The van der Waals surface area contributed by atoms with E-state index in [1.54, 1.807) is 13.2 Å². The highest BCUT2D eigenvalue weighted by Crippen LogP contribution is 2.32. The molecule has 3 rings (SSSR count). The van der Waals surface area contributed by atoms with Crippen LogP contribution in [-0.2, 0) is 9.47 Å². The summed E-state index contributed by atoms with van der Waals surface area (Å²) in [7, 11) is 1.56. The van der Waals surface area contributed by atoms with E-state index in [1.165, 1.54) is 17.0 Å². The van der Waals surface area contributed by atoms with Crippen molar-refractivity contribution in [1.82, 2.24) is 5.16 Å². The van der Waals surface area contributed by atoms with Gasteiger partial charge in [0.2, 0.25) is 0 Å². The monoisotopic (exact) mass is 264 g/mol. The van der Waals surface area contributed by atoms with Gasteiger partial charge in [0, 0.05) is 13.2 Å². The standard InChI is InChI=1S/C12H12N2O5/c1-17-5-7-6-18-12(16)14(7)11-9-3-2-8(15)4-10(9)19-13-11/h2-4,7,15H,5-6H2,1H3/t7-/m0/s1. The number of anilines is 1. The summed E-state index contributed by atoms with van der Waals surface area (Å²) in [5.74, 6) is 0.451. The third-order valence-corrected chi connectivity index (χ3v) is 2.98. The van der Waals surface area contributed by atoms with Crippen molar-refractivity contribution in [3.05, 3.63) is 18.2 Å². The highest BCUT2D eigenvalue weighted by Gasteiger charge is 2.37. The van der Waals surface area contributed by atoms with E-state index in [2.05, 4.69) is 5.16 Å². The molecule has 1 N–H and O–H groups in total. The number of aromatic hydroxyl groups is 1. The average Bonchev–Trinajstić information content (AvgIpc) is 2.93. The molecule has 1 aromatic carbocycles. The van der Waals surface area contributed by atoms with Crippen LogP contribution < -0.4 is 4.90 Å². The van der Waals surface area contributed by atoms with E-state index in [0.717, 1.165) is 0 Å². The van der Waals surface area contributed by atoms with Gasteiger partial charge in [0.1, 0.15) is 12.4 Å². The zero-order valence-electron chi connectivity index (χ0n) is 10.2. The molecular formula is C12H12N2O5. The first-order chi connectivity index (χ1) is 9.20. The molecule has 1 aromatic heterocycles. The van der Waals surface area contributed by atoms with E-state index in [1.807, 2.05) is 0 Å². The number of aromatic nitrogens is 1. The zero-order valence-corrected chi connectivity index (χ0v) is 10.2. The summed E-state index contributed by atoms with van der Waals surface area (Å²) in [5.41, 5.74) is 0.408. The fourth-order valence-corrected chi connectivity index (χ4v) is 2.12. The summed E-state index contributed by atoms with van der Waals surface area (Å²) in [4.78, 5) is 13.2. The van der Waals surface area contributed by atoms with Gasteiger partial charge in [0.15, 0.2) is 11.4 Å². The molecule has 7 heteroatoms. The van der Waals surface area contributed by atoms with Gasteiger partial charge in [-0.15, -0.1) is 0 Å². The molecule has 100 valence electrons. The number of phenolic OH excluding ortho intramolecular Hbond substituents is 1. The van der Waals surface area contributed by atoms with Crippen molar-refractivity contribution >= 4 is 22.9 Å². The van der Waals surface area contributed by atoms with Crippen LogP contribution in [0.15, 0.2) is 22.7 Å². The molecule has 1 saturated heterocycles. The van der Waals surface area contributed by atoms with Gasteiger partial charge in [-0.1, -0.05) is 5.16 Å². The molecule has 7 nitrogen and oxygen atoms in total. The molecule has 0 saturated carbocycles. The summed E-state index contributed by atoms with van der Waals surface area (Å²) in [6.07, 6.45) is -0.481. The van der Waals surface area contributed by atoms with Crippen LogP contribution in [0.5, 0.6) is 5.75 Å². The molecule has 0 radical (unpaired) electrons. The summed E-state index contributed by atoms with van der Waals surface area (Å²) in [6, 6.07) is 4.36. The minimum absolute atomic E-state index is 0.0765. The van der Waals surface area contributed by atoms with E-state index in [4.69, 9.17) is 14.0 Å². The second-order valence-corrected chi connectivity index (χ2v) is 4.24. The van der Waals surface area contributed by atoms with Crippen LogP contribution in [0.25, 0.3) is 11.0 Å². The molecule has 1 fully saturated rings. The molecule has 0 aliphatic carbocycles. The van der Waals surface area contributed by atoms with Gasteiger partial charge < -0.3 is 19.1 Å². The average molecular weight is 264 g/mol. The number of carbonyl (C=O) groups is 1. The Hall–Kier alpha value is -2.28. The van der Waals surface area contributed by atoms with Gasteiger partial charge in [0.25, 0.3) is 0 Å².